The Labute approximate surface area is 107 Å². The molecule has 0 saturated heterocycles. The molecular weight excluding hydrogens is 289 g/mol. The van der Waals surface area contributed by atoms with Crippen LogP contribution in [0.1, 0.15) is 5.56 Å². The quantitative estimate of drug-likeness (QED) is 0.881. The van der Waals surface area contributed by atoms with E-state index < -0.39 is 0 Å². The highest BCUT2D eigenvalue weighted by molar-refractivity contribution is 9.10. The van der Waals surface area contributed by atoms with Crippen molar-refractivity contribution >= 4 is 33.2 Å². The van der Waals surface area contributed by atoms with E-state index in [0.29, 0.717) is 11.7 Å². The SMILES string of the molecule is Clc1ncccc1CNc1cncc(Br)c1. The molecule has 0 bridgehead atoms. The van der Waals surface area contributed by atoms with Gasteiger partial charge in [-0.3, -0.25) is 4.98 Å². The summed E-state index contributed by atoms with van der Waals surface area (Å²) in [5, 5.41) is 3.75. The first-order chi connectivity index (χ1) is 7.75. The first-order valence-corrected chi connectivity index (χ1v) is 5.86. The summed E-state index contributed by atoms with van der Waals surface area (Å²) in [5.74, 6) is 0. The van der Waals surface area contributed by atoms with E-state index in [1.165, 1.54) is 0 Å². The largest absolute Gasteiger partial charge is 0.380 e. The molecule has 5 heteroatoms. The van der Waals surface area contributed by atoms with Crippen LogP contribution in [0, 0.1) is 0 Å². The Kier molecular flexibility index (Phi) is 3.74. The lowest BCUT2D eigenvalue weighted by Crippen LogP contribution is -2.00. The molecule has 3 nitrogen and oxygen atoms in total. The Hall–Kier alpha value is -1.13. The fourth-order valence-corrected chi connectivity index (χ4v) is 1.81. The fourth-order valence-electron chi connectivity index (χ4n) is 1.26. The molecule has 0 radical (unpaired) electrons. The van der Waals surface area contributed by atoms with Crippen LogP contribution in [0.3, 0.4) is 0 Å². The molecule has 2 rings (SSSR count). The molecular formula is C11H9BrClN3. The predicted octanol–water partition coefficient (Wildman–Crippen LogP) is 3.50. The van der Waals surface area contributed by atoms with Gasteiger partial charge in [0.1, 0.15) is 5.15 Å². The number of nitrogens with zero attached hydrogens (tertiary/aromatic N) is 2. The minimum atomic E-state index is 0.526. The molecule has 0 aliphatic heterocycles. The summed E-state index contributed by atoms with van der Waals surface area (Å²) in [4.78, 5) is 8.07. The van der Waals surface area contributed by atoms with Gasteiger partial charge in [-0.1, -0.05) is 17.7 Å². The Morgan fingerprint density at radius 2 is 2.25 bits per heavy atom. The molecule has 2 heterocycles. The third-order valence-corrected chi connectivity index (χ3v) is 2.80. The maximum absolute atomic E-state index is 5.95. The molecule has 0 atom stereocenters. The van der Waals surface area contributed by atoms with Crippen LogP contribution >= 0.6 is 27.5 Å². The summed E-state index contributed by atoms with van der Waals surface area (Å²) >= 11 is 9.31. The Morgan fingerprint density at radius 1 is 1.38 bits per heavy atom. The van der Waals surface area contributed by atoms with Crippen molar-refractivity contribution in [2.24, 2.45) is 0 Å². The van der Waals surface area contributed by atoms with Crippen molar-refractivity contribution in [2.45, 2.75) is 6.54 Å². The predicted molar refractivity (Wildman–Crippen MR) is 68.5 cm³/mol. The highest BCUT2D eigenvalue weighted by Gasteiger charge is 2.00. The Balaban J connectivity index is 2.05. The van der Waals surface area contributed by atoms with Gasteiger partial charge < -0.3 is 5.32 Å². The van der Waals surface area contributed by atoms with Crippen LogP contribution in [-0.2, 0) is 6.54 Å². The molecule has 0 fully saturated rings. The highest BCUT2D eigenvalue weighted by Crippen LogP contribution is 2.16. The third kappa shape index (κ3) is 2.93. The van der Waals surface area contributed by atoms with Crippen LogP contribution in [0.4, 0.5) is 5.69 Å². The van der Waals surface area contributed by atoms with Gasteiger partial charge in [0.15, 0.2) is 0 Å². The average molecular weight is 299 g/mol. The minimum Gasteiger partial charge on any atom is -0.380 e. The Morgan fingerprint density at radius 3 is 3.00 bits per heavy atom. The highest BCUT2D eigenvalue weighted by atomic mass is 79.9. The van der Waals surface area contributed by atoms with Crippen molar-refractivity contribution in [1.29, 1.82) is 0 Å². The first kappa shape index (κ1) is 11.4. The second-order valence-electron chi connectivity index (χ2n) is 3.20. The van der Waals surface area contributed by atoms with Gasteiger partial charge in [-0.2, -0.15) is 0 Å². The second-order valence-corrected chi connectivity index (χ2v) is 4.47. The molecule has 0 aliphatic rings. The summed E-state index contributed by atoms with van der Waals surface area (Å²) < 4.78 is 0.940. The van der Waals surface area contributed by atoms with Crippen LogP contribution in [0.2, 0.25) is 5.15 Å². The summed E-state index contributed by atoms with van der Waals surface area (Å²) in [5.41, 5.74) is 1.90. The van der Waals surface area contributed by atoms with Crippen LogP contribution in [0.5, 0.6) is 0 Å². The zero-order chi connectivity index (χ0) is 11.4. The van der Waals surface area contributed by atoms with Crippen molar-refractivity contribution in [3.05, 3.63) is 52.0 Å². The van der Waals surface area contributed by atoms with Gasteiger partial charge in [-0.15, -0.1) is 0 Å². The third-order valence-electron chi connectivity index (χ3n) is 2.02. The van der Waals surface area contributed by atoms with E-state index in [0.717, 1.165) is 15.7 Å². The number of anilines is 1. The molecule has 0 aliphatic carbocycles. The molecule has 2 aromatic rings. The molecule has 82 valence electrons. The van der Waals surface area contributed by atoms with Crippen LogP contribution in [0.25, 0.3) is 0 Å². The summed E-state index contributed by atoms with van der Waals surface area (Å²) in [7, 11) is 0. The van der Waals surface area contributed by atoms with Gasteiger partial charge in [0.2, 0.25) is 0 Å². The summed E-state index contributed by atoms with van der Waals surface area (Å²) in [6, 6.07) is 5.76. The van der Waals surface area contributed by atoms with Crippen LogP contribution in [0.15, 0.2) is 41.3 Å². The molecule has 0 saturated carbocycles. The van der Waals surface area contributed by atoms with E-state index >= 15 is 0 Å². The summed E-state index contributed by atoms with van der Waals surface area (Å²) in [6.07, 6.45) is 5.17. The van der Waals surface area contributed by atoms with E-state index in [1.54, 1.807) is 18.6 Å². The number of halogens is 2. The standard InChI is InChI=1S/C11H9BrClN3/c12-9-4-10(7-14-6-9)16-5-8-2-1-3-15-11(8)13/h1-4,6-7,16H,5H2. The van der Waals surface area contributed by atoms with Gasteiger partial charge in [-0.05, 0) is 28.1 Å². The van der Waals surface area contributed by atoms with Crippen LogP contribution < -0.4 is 5.32 Å². The zero-order valence-electron chi connectivity index (χ0n) is 8.32. The van der Waals surface area contributed by atoms with E-state index in [4.69, 9.17) is 11.6 Å². The van der Waals surface area contributed by atoms with E-state index in [1.807, 2.05) is 18.2 Å². The van der Waals surface area contributed by atoms with E-state index in [2.05, 4.69) is 31.2 Å². The number of pyridine rings is 2. The number of hydrogen-bond donors (Lipinski definition) is 1. The number of hydrogen-bond acceptors (Lipinski definition) is 3. The Bertz CT molecular complexity index is 490. The number of nitrogens with one attached hydrogen (secondary N) is 1. The topological polar surface area (TPSA) is 37.8 Å². The second kappa shape index (κ2) is 5.27. The lowest BCUT2D eigenvalue weighted by Gasteiger charge is -2.07. The lowest BCUT2D eigenvalue weighted by molar-refractivity contribution is 1.10. The monoisotopic (exact) mass is 297 g/mol. The zero-order valence-corrected chi connectivity index (χ0v) is 10.7. The lowest BCUT2D eigenvalue weighted by atomic mass is 10.3. The minimum absolute atomic E-state index is 0.526. The van der Waals surface area contributed by atoms with Gasteiger partial charge in [0.05, 0.1) is 11.9 Å². The number of rotatable bonds is 3. The van der Waals surface area contributed by atoms with Crippen molar-refractivity contribution in [3.63, 3.8) is 0 Å². The molecule has 0 spiro atoms. The normalized spacial score (nSPS) is 10.1. The molecule has 2 aromatic heterocycles. The molecule has 1 N–H and O–H groups in total. The first-order valence-electron chi connectivity index (χ1n) is 4.69. The van der Waals surface area contributed by atoms with Crippen LogP contribution in [-0.4, -0.2) is 9.97 Å². The maximum Gasteiger partial charge on any atom is 0.133 e. The van der Waals surface area contributed by atoms with Gasteiger partial charge >= 0.3 is 0 Å². The number of aromatic nitrogens is 2. The average Bonchev–Trinajstić information content (AvgIpc) is 2.28. The van der Waals surface area contributed by atoms with Gasteiger partial charge in [0, 0.05) is 29.0 Å². The van der Waals surface area contributed by atoms with Crippen molar-refractivity contribution in [3.8, 4) is 0 Å². The molecule has 0 unspecified atom stereocenters. The van der Waals surface area contributed by atoms with Crippen molar-refractivity contribution < 1.29 is 0 Å². The van der Waals surface area contributed by atoms with E-state index in [9.17, 15) is 0 Å². The maximum atomic E-state index is 5.95. The smallest absolute Gasteiger partial charge is 0.133 e. The van der Waals surface area contributed by atoms with Crippen molar-refractivity contribution in [2.75, 3.05) is 5.32 Å². The summed E-state index contributed by atoms with van der Waals surface area (Å²) in [6.45, 7) is 0.630. The molecule has 0 aromatic carbocycles. The molecule has 0 amide bonds. The fraction of sp³-hybridized carbons (Fsp3) is 0.0909. The van der Waals surface area contributed by atoms with Gasteiger partial charge in [0.25, 0.3) is 0 Å². The van der Waals surface area contributed by atoms with Crippen molar-refractivity contribution in [1.82, 2.24) is 9.97 Å². The van der Waals surface area contributed by atoms with E-state index in [-0.39, 0.29) is 0 Å². The van der Waals surface area contributed by atoms with Gasteiger partial charge in [-0.25, -0.2) is 4.98 Å². The molecule has 16 heavy (non-hydrogen) atoms.